The van der Waals surface area contributed by atoms with Crippen molar-refractivity contribution in [3.8, 4) is 0 Å². The molecule has 1 aromatic carbocycles. The third-order valence-corrected chi connectivity index (χ3v) is 4.43. The van der Waals surface area contributed by atoms with Crippen molar-refractivity contribution in [2.75, 3.05) is 0 Å². The molecule has 0 saturated heterocycles. The van der Waals surface area contributed by atoms with Gasteiger partial charge in [0.2, 0.25) is 0 Å². The molecule has 0 atom stereocenters. The third-order valence-electron chi connectivity index (χ3n) is 4.43. The van der Waals surface area contributed by atoms with Crippen LogP contribution in [0.15, 0.2) is 24.3 Å². The summed E-state index contributed by atoms with van der Waals surface area (Å²) in [6, 6.07) is 7.62. The minimum Gasteiger partial charge on any atom is -0.481 e. The Morgan fingerprint density at radius 1 is 1.21 bits per heavy atom. The predicted molar refractivity (Wildman–Crippen MR) is 73.8 cm³/mol. The number of hydrogen-bond acceptors (Lipinski definition) is 2. The lowest BCUT2D eigenvalue weighted by atomic mass is 9.68. The van der Waals surface area contributed by atoms with Gasteiger partial charge < -0.3 is 10.2 Å². The fraction of sp³-hybridized carbons (Fsp3) is 0.562. The Morgan fingerprint density at radius 3 is 2.21 bits per heavy atom. The van der Waals surface area contributed by atoms with Gasteiger partial charge in [0.25, 0.3) is 0 Å². The molecule has 0 amide bonds. The molecule has 3 nitrogen and oxygen atoms in total. The van der Waals surface area contributed by atoms with E-state index in [-0.39, 0.29) is 6.61 Å². The van der Waals surface area contributed by atoms with Crippen LogP contribution in [-0.4, -0.2) is 16.2 Å². The summed E-state index contributed by atoms with van der Waals surface area (Å²) in [6.07, 6.45) is 4.14. The lowest BCUT2D eigenvalue weighted by Gasteiger charge is -2.36. The van der Waals surface area contributed by atoms with Crippen molar-refractivity contribution in [1.29, 1.82) is 0 Å². The molecule has 1 fully saturated rings. The molecule has 0 radical (unpaired) electrons. The molecule has 1 saturated carbocycles. The van der Waals surface area contributed by atoms with Gasteiger partial charge in [-0.25, -0.2) is 0 Å². The van der Waals surface area contributed by atoms with E-state index in [9.17, 15) is 9.90 Å². The van der Waals surface area contributed by atoms with Crippen LogP contribution in [0.25, 0.3) is 0 Å². The van der Waals surface area contributed by atoms with E-state index >= 15 is 0 Å². The van der Waals surface area contributed by atoms with Gasteiger partial charge in [-0.15, -0.1) is 0 Å². The molecule has 0 spiro atoms. The summed E-state index contributed by atoms with van der Waals surface area (Å²) < 4.78 is 0. The van der Waals surface area contributed by atoms with Crippen molar-refractivity contribution in [2.24, 2.45) is 11.3 Å². The summed E-state index contributed by atoms with van der Waals surface area (Å²) in [5.74, 6) is -0.0186. The normalized spacial score (nSPS) is 27.2. The van der Waals surface area contributed by atoms with E-state index in [4.69, 9.17) is 5.11 Å². The summed E-state index contributed by atoms with van der Waals surface area (Å²) in [5.41, 5.74) is 1.33. The Balaban J connectivity index is 2.14. The minimum atomic E-state index is -0.661. The smallest absolute Gasteiger partial charge is 0.309 e. The summed E-state index contributed by atoms with van der Waals surface area (Å²) in [4.78, 5) is 11.7. The topological polar surface area (TPSA) is 57.5 Å². The number of rotatable bonds is 4. The van der Waals surface area contributed by atoms with Gasteiger partial charge in [-0.3, -0.25) is 4.79 Å². The molecule has 3 heteroatoms. The highest BCUT2D eigenvalue weighted by atomic mass is 16.4. The molecule has 0 aromatic heterocycles. The highest BCUT2D eigenvalue weighted by Gasteiger charge is 2.41. The van der Waals surface area contributed by atoms with E-state index in [0.717, 1.165) is 36.8 Å². The number of aliphatic hydroxyl groups excluding tert-OH is 1. The average Bonchev–Trinajstić information content (AvgIpc) is 2.42. The van der Waals surface area contributed by atoms with Gasteiger partial charge in [-0.2, -0.15) is 0 Å². The van der Waals surface area contributed by atoms with Gasteiger partial charge in [0, 0.05) is 0 Å². The fourth-order valence-electron chi connectivity index (χ4n) is 2.93. The standard InChI is InChI=1S/C16H22O3/c1-12-6-8-16(9-7-12,15(18)19)10-13-2-4-14(11-17)5-3-13/h2-5,12,17H,6-11H2,1H3,(H,18,19). The largest absolute Gasteiger partial charge is 0.481 e. The average molecular weight is 262 g/mol. The van der Waals surface area contributed by atoms with Crippen molar-refractivity contribution in [2.45, 2.75) is 45.6 Å². The van der Waals surface area contributed by atoms with Gasteiger partial charge in [0.15, 0.2) is 0 Å². The fourth-order valence-corrected chi connectivity index (χ4v) is 2.93. The monoisotopic (exact) mass is 262 g/mol. The van der Waals surface area contributed by atoms with Gasteiger partial charge in [0.1, 0.15) is 0 Å². The number of carboxylic acids is 1. The van der Waals surface area contributed by atoms with Gasteiger partial charge in [-0.05, 0) is 49.1 Å². The lowest BCUT2D eigenvalue weighted by molar-refractivity contribution is -0.151. The SMILES string of the molecule is CC1CCC(Cc2ccc(CO)cc2)(C(=O)O)CC1. The Kier molecular flexibility index (Phi) is 4.25. The van der Waals surface area contributed by atoms with Gasteiger partial charge in [0.05, 0.1) is 12.0 Å². The zero-order valence-corrected chi connectivity index (χ0v) is 11.4. The molecule has 1 aliphatic rings. The quantitative estimate of drug-likeness (QED) is 0.877. The van der Waals surface area contributed by atoms with Crippen molar-refractivity contribution in [3.05, 3.63) is 35.4 Å². The van der Waals surface area contributed by atoms with Crippen molar-refractivity contribution < 1.29 is 15.0 Å². The molecule has 2 rings (SSSR count). The second-order valence-corrected chi connectivity index (χ2v) is 5.92. The Labute approximate surface area is 114 Å². The maximum absolute atomic E-state index is 11.7. The van der Waals surface area contributed by atoms with Crippen LogP contribution in [0.4, 0.5) is 0 Å². The number of hydrogen-bond donors (Lipinski definition) is 2. The minimum absolute atomic E-state index is 0.0296. The lowest BCUT2D eigenvalue weighted by Crippen LogP contribution is -2.37. The molecule has 19 heavy (non-hydrogen) atoms. The first-order valence-electron chi connectivity index (χ1n) is 6.98. The second-order valence-electron chi connectivity index (χ2n) is 5.92. The van der Waals surface area contributed by atoms with E-state index in [1.54, 1.807) is 0 Å². The third kappa shape index (κ3) is 3.16. The first-order chi connectivity index (χ1) is 9.05. The number of carbonyl (C=O) groups is 1. The maximum atomic E-state index is 11.7. The van der Waals surface area contributed by atoms with Crippen LogP contribution in [-0.2, 0) is 17.8 Å². The highest BCUT2D eigenvalue weighted by molar-refractivity contribution is 5.75. The Hall–Kier alpha value is -1.35. The first-order valence-corrected chi connectivity index (χ1v) is 6.98. The summed E-state index contributed by atoms with van der Waals surface area (Å²) in [7, 11) is 0. The molecule has 1 aromatic rings. The van der Waals surface area contributed by atoms with E-state index < -0.39 is 11.4 Å². The van der Waals surface area contributed by atoms with Gasteiger partial charge >= 0.3 is 5.97 Å². The molecular formula is C16H22O3. The number of carboxylic acid groups (broad SMARTS) is 1. The molecule has 0 unspecified atom stereocenters. The molecule has 104 valence electrons. The van der Waals surface area contributed by atoms with E-state index in [2.05, 4.69) is 6.92 Å². The van der Waals surface area contributed by atoms with Crippen molar-refractivity contribution >= 4 is 5.97 Å². The van der Waals surface area contributed by atoms with Crippen LogP contribution in [0.1, 0.15) is 43.7 Å². The Bertz CT molecular complexity index is 428. The highest BCUT2D eigenvalue weighted by Crippen LogP contribution is 2.41. The van der Waals surface area contributed by atoms with Crippen LogP contribution in [0.2, 0.25) is 0 Å². The van der Waals surface area contributed by atoms with E-state index in [0.29, 0.717) is 12.3 Å². The molecular weight excluding hydrogens is 240 g/mol. The maximum Gasteiger partial charge on any atom is 0.309 e. The van der Waals surface area contributed by atoms with E-state index in [1.165, 1.54) is 0 Å². The van der Waals surface area contributed by atoms with Crippen LogP contribution < -0.4 is 0 Å². The summed E-state index contributed by atoms with van der Waals surface area (Å²) >= 11 is 0. The number of benzene rings is 1. The predicted octanol–water partition coefficient (Wildman–Crippen LogP) is 3.00. The number of aliphatic hydroxyl groups is 1. The molecule has 2 N–H and O–H groups in total. The molecule has 0 bridgehead atoms. The van der Waals surface area contributed by atoms with Crippen LogP contribution in [0.5, 0.6) is 0 Å². The van der Waals surface area contributed by atoms with Crippen LogP contribution in [0.3, 0.4) is 0 Å². The number of aliphatic carboxylic acids is 1. The summed E-state index contributed by atoms with van der Waals surface area (Å²) in [6.45, 7) is 2.23. The second kappa shape index (κ2) is 5.74. The Morgan fingerprint density at radius 2 is 1.74 bits per heavy atom. The zero-order valence-electron chi connectivity index (χ0n) is 11.4. The van der Waals surface area contributed by atoms with Gasteiger partial charge in [-0.1, -0.05) is 31.2 Å². The van der Waals surface area contributed by atoms with Crippen LogP contribution in [0, 0.1) is 11.3 Å². The molecule has 0 aliphatic heterocycles. The molecule has 0 heterocycles. The van der Waals surface area contributed by atoms with E-state index in [1.807, 2.05) is 24.3 Å². The van der Waals surface area contributed by atoms with Crippen LogP contribution >= 0.6 is 0 Å². The zero-order chi connectivity index (χ0) is 13.9. The van der Waals surface area contributed by atoms with Crippen molar-refractivity contribution in [3.63, 3.8) is 0 Å². The van der Waals surface area contributed by atoms with Crippen molar-refractivity contribution in [1.82, 2.24) is 0 Å². The molecule has 1 aliphatic carbocycles. The summed E-state index contributed by atoms with van der Waals surface area (Å²) in [5, 5.41) is 18.6. The first kappa shape index (κ1) is 14.1.